The van der Waals surface area contributed by atoms with Gasteiger partial charge in [-0.05, 0) is 0 Å². The Balaban J connectivity index is 2.56. The lowest BCUT2D eigenvalue weighted by molar-refractivity contribution is -0.845. The highest BCUT2D eigenvalue weighted by Crippen LogP contribution is 2.00. The lowest BCUT2D eigenvalue weighted by atomic mass is 10.6. The van der Waals surface area contributed by atoms with E-state index in [0.717, 1.165) is 0 Å². The van der Waals surface area contributed by atoms with Gasteiger partial charge in [0.05, 0.1) is 7.05 Å². The summed E-state index contributed by atoms with van der Waals surface area (Å²) in [6, 6.07) is 0. The smallest absolute Gasteiger partial charge is 0.279 e. The number of quaternary nitrogens is 1. The zero-order chi connectivity index (χ0) is 6.20. The molecule has 1 saturated heterocycles. The molecule has 46 valence electrons. The van der Waals surface area contributed by atoms with Gasteiger partial charge in [-0.3, -0.25) is 4.79 Å². The fraction of sp³-hybridized carbons (Fsp3) is 0.750. The molecule has 0 spiro atoms. The van der Waals surface area contributed by atoms with Gasteiger partial charge in [-0.2, -0.15) is 0 Å². The second kappa shape index (κ2) is 1.43. The zero-order valence-electron chi connectivity index (χ0n) is 4.68. The van der Waals surface area contributed by atoms with Gasteiger partial charge in [-0.25, -0.2) is 0 Å². The molecule has 0 radical (unpaired) electrons. The summed E-state index contributed by atoms with van der Waals surface area (Å²) in [5.41, 5.74) is 0. The van der Waals surface area contributed by atoms with Gasteiger partial charge in [0.2, 0.25) is 0 Å². The van der Waals surface area contributed by atoms with E-state index in [1.165, 1.54) is 7.05 Å². The molecule has 1 amide bonds. The quantitative estimate of drug-likeness (QED) is 0.326. The molecule has 0 aromatic heterocycles. The van der Waals surface area contributed by atoms with Crippen LogP contribution in [0.15, 0.2) is 0 Å². The van der Waals surface area contributed by atoms with Crippen LogP contribution in [0.4, 0.5) is 0 Å². The lowest BCUT2D eigenvalue weighted by Crippen LogP contribution is -2.35. The number of hydrogen-bond donors (Lipinski definition) is 1. The SMILES string of the molecule is C[N+]1([O-])CNC(=O)C1. The first-order valence-electron chi connectivity index (χ1n) is 2.42. The number of carbonyl (C=O) groups is 1. The molecular formula is C4H8N2O2. The average molecular weight is 116 g/mol. The molecule has 1 aliphatic rings. The largest absolute Gasteiger partial charge is 0.631 e. The summed E-state index contributed by atoms with van der Waals surface area (Å²) in [6.07, 6.45) is 0. The molecule has 1 rings (SSSR count). The third kappa shape index (κ3) is 0.962. The van der Waals surface area contributed by atoms with Crippen molar-refractivity contribution in [3.8, 4) is 0 Å². The molecule has 1 unspecified atom stereocenters. The van der Waals surface area contributed by atoms with E-state index >= 15 is 0 Å². The van der Waals surface area contributed by atoms with Crippen LogP contribution < -0.4 is 5.32 Å². The van der Waals surface area contributed by atoms with Crippen molar-refractivity contribution >= 4 is 5.91 Å². The predicted octanol–water partition coefficient (Wildman–Crippen LogP) is -0.982. The summed E-state index contributed by atoms with van der Waals surface area (Å²) in [7, 11) is 1.47. The molecule has 4 heteroatoms. The maximum atomic E-state index is 10.8. The van der Waals surface area contributed by atoms with Crippen LogP contribution in [0.5, 0.6) is 0 Å². The number of nitrogens with zero attached hydrogens (tertiary/aromatic N) is 1. The van der Waals surface area contributed by atoms with Gasteiger partial charge in [0.1, 0.15) is 0 Å². The summed E-state index contributed by atoms with van der Waals surface area (Å²) < 4.78 is -0.473. The van der Waals surface area contributed by atoms with E-state index in [9.17, 15) is 10.0 Å². The highest BCUT2D eigenvalue weighted by molar-refractivity contribution is 5.78. The molecule has 0 aromatic rings. The monoisotopic (exact) mass is 116 g/mol. The minimum Gasteiger partial charge on any atom is -0.631 e. The number of likely N-dealkylation sites (N-methyl/N-ethyl adjacent to an activating group) is 1. The third-order valence-corrected chi connectivity index (χ3v) is 1.09. The Hall–Kier alpha value is -0.610. The highest BCUT2D eigenvalue weighted by Gasteiger charge is 2.23. The summed E-state index contributed by atoms with van der Waals surface area (Å²) in [6.45, 7) is 0.291. The van der Waals surface area contributed by atoms with Crippen molar-refractivity contribution in [3.63, 3.8) is 0 Å². The molecule has 1 fully saturated rings. The number of hydrogen-bond acceptors (Lipinski definition) is 2. The summed E-state index contributed by atoms with van der Waals surface area (Å²) >= 11 is 0. The standard InChI is InChI=1S/C4H8N2O2/c1-6(8)2-4(7)5-3-6/h2-3H2,1H3,(H,5,7). The van der Waals surface area contributed by atoms with Crippen LogP contribution in [0.25, 0.3) is 0 Å². The normalized spacial score (nSPS) is 37.5. The summed E-state index contributed by atoms with van der Waals surface area (Å²) in [5, 5.41) is 13.2. The van der Waals surface area contributed by atoms with Crippen molar-refractivity contribution in [2.24, 2.45) is 0 Å². The van der Waals surface area contributed by atoms with Crippen molar-refractivity contribution in [1.29, 1.82) is 0 Å². The predicted molar refractivity (Wildman–Crippen MR) is 27.4 cm³/mol. The highest BCUT2D eigenvalue weighted by atomic mass is 16.5. The van der Waals surface area contributed by atoms with E-state index in [4.69, 9.17) is 0 Å². The maximum absolute atomic E-state index is 10.8. The van der Waals surface area contributed by atoms with Crippen LogP contribution in [0.3, 0.4) is 0 Å². The molecule has 0 aromatic carbocycles. The molecule has 1 N–H and O–H groups in total. The topological polar surface area (TPSA) is 52.2 Å². The number of amides is 1. The van der Waals surface area contributed by atoms with Gasteiger partial charge in [0, 0.05) is 0 Å². The van der Waals surface area contributed by atoms with Crippen molar-refractivity contribution in [3.05, 3.63) is 5.21 Å². The Kier molecular flexibility index (Phi) is 0.988. The van der Waals surface area contributed by atoms with Gasteiger partial charge >= 0.3 is 0 Å². The average Bonchev–Trinajstić information content (AvgIpc) is 1.82. The molecule has 0 bridgehead atoms. The van der Waals surface area contributed by atoms with Crippen molar-refractivity contribution in [2.45, 2.75) is 0 Å². The van der Waals surface area contributed by atoms with E-state index in [-0.39, 0.29) is 19.1 Å². The number of nitrogens with one attached hydrogen (secondary N) is 1. The maximum Gasteiger partial charge on any atom is 0.279 e. The second-order valence-corrected chi connectivity index (χ2v) is 2.21. The van der Waals surface area contributed by atoms with Crippen LogP contribution >= 0.6 is 0 Å². The first-order chi connectivity index (χ1) is 3.60. The molecule has 8 heavy (non-hydrogen) atoms. The minimum atomic E-state index is -0.473. The molecule has 1 heterocycles. The Morgan fingerprint density at radius 3 is 2.62 bits per heavy atom. The zero-order valence-corrected chi connectivity index (χ0v) is 4.68. The van der Waals surface area contributed by atoms with Gasteiger partial charge in [0.15, 0.2) is 13.2 Å². The number of rotatable bonds is 0. The molecule has 0 saturated carbocycles. The molecule has 4 nitrogen and oxygen atoms in total. The van der Waals surface area contributed by atoms with Crippen LogP contribution in [0.1, 0.15) is 0 Å². The van der Waals surface area contributed by atoms with Crippen LogP contribution in [-0.2, 0) is 4.79 Å². The Bertz CT molecular complexity index is 121. The van der Waals surface area contributed by atoms with E-state index in [0.29, 0.717) is 0 Å². The first-order valence-corrected chi connectivity index (χ1v) is 2.42. The molecule has 1 aliphatic heterocycles. The van der Waals surface area contributed by atoms with Crippen LogP contribution in [0, 0.1) is 5.21 Å². The number of carbonyl (C=O) groups excluding carboxylic acids is 1. The fourth-order valence-corrected chi connectivity index (χ4v) is 0.671. The van der Waals surface area contributed by atoms with E-state index in [1.54, 1.807) is 0 Å². The van der Waals surface area contributed by atoms with Gasteiger partial charge in [0.25, 0.3) is 5.91 Å². The summed E-state index contributed by atoms with van der Waals surface area (Å²) in [4.78, 5) is 10.3. The molecule has 0 aliphatic carbocycles. The Morgan fingerprint density at radius 1 is 1.88 bits per heavy atom. The van der Waals surface area contributed by atoms with Crippen molar-refractivity contribution in [1.82, 2.24) is 5.32 Å². The molecular weight excluding hydrogens is 108 g/mol. The first kappa shape index (κ1) is 5.53. The lowest BCUT2D eigenvalue weighted by Gasteiger charge is -2.30. The van der Waals surface area contributed by atoms with Crippen molar-refractivity contribution in [2.75, 3.05) is 20.3 Å². The fourth-order valence-electron chi connectivity index (χ4n) is 0.671. The van der Waals surface area contributed by atoms with Gasteiger partial charge in [-0.15, -0.1) is 0 Å². The van der Waals surface area contributed by atoms with Crippen LogP contribution in [-0.4, -0.2) is 30.8 Å². The van der Waals surface area contributed by atoms with Crippen molar-refractivity contribution < 1.29 is 9.44 Å². The summed E-state index contributed by atoms with van der Waals surface area (Å²) in [5.74, 6) is -0.150. The Morgan fingerprint density at radius 2 is 2.50 bits per heavy atom. The van der Waals surface area contributed by atoms with E-state index in [1.807, 2.05) is 0 Å². The van der Waals surface area contributed by atoms with E-state index in [2.05, 4.69) is 5.32 Å². The van der Waals surface area contributed by atoms with Gasteiger partial charge in [-0.1, -0.05) is 0 Å². The third-order valence-electron chi connectivity index (χ3n) is 1.09. The van der Waals surface area contributed by atoms with E-state index < -0.39 is 4.65 Å². The Labute approximate surface area is 47.3 Å². The van der Waals surface area contributed by atoms with Gasteiger partial charge < -0.3 is 15.2 Å². The second-order valence-electron chi connectivity index (χ2n) is 2.21. The number of hydroxylamine groups is 3. The van der Waals surface area contributed by atoms with Crippen LogP contribution in [0.2, 0.25) is 0 Å². The molecule has 1 atom stereocenters. The minimum absolute atomic E-state index is 0.0694.